The van der Waals surface area contributed by atoms with Crippen LogP contribution in [0.25, 0.3) is 0 Å². The molecule has 0 spiro atoms. The summed E-state index contributed by atoms with van der Waals surface area (Å²) in [6.45, 7) is -0.00352. The van der Waals surface area contributed by atoms with E-state index in [4.69, 9.17) is 4.42 Å². The molecule has 0 radical (unpaired) electrons. The van der Waals surface area contributed by atoms with Gasteiger partial charge < -0.3 is 14.6 Å². The number of hydrogen-bond donors (Lipinski definition) is 1. The molecule has 2 amide bonds. The second-order valence-corrected chi connectivity index (χ2v) is 9.24. The van der Waals surface area contributed by atoms with Crippen LogP contribution >= 0.6 is 0 Å². The molecule has 0 aliphatic heterocycles. The third-order valence-corrected chi connectivity index (χ3v) is 6.74. The van der Waals surface area contributed by atoms with Gasteiger partial charge in [0.05, 0.1) is 12.1 Å². The molecule has 2 fully saturated rings. The van der Waals surface area contributed by atoms with Gasteiger partial charge in [0.2, 0.25) is 5.89 Å². The lowest BCUT2D eigenvalue weighted by Crippen LogP contribution is -2.41. The van der Waals surface area contributed by atoms with E-state index in [1.54, 1.807) is 4.90 Å². The molecule has 2 saturated carbocycles. The largest absolute Gasteiger partial charge is 0.446 e. The van der Waals surface area contributed by atoms with E-state index >= 15 is 0 Å². The molecule has 1 aromatic heterocycles. The van der Waals surface area contributed by atoms with Gasteiger partial charge in [-0.1, -0.05) is 44.6 Å². The van der Waals surface area contributed by atoms with Crippen LogP contribution in [0.4, 0.5) is 13.2 Å². The first-order valence-electron chi connectivity index (χ1n) is 12.0. The van der Waals surface area contributed by atoms with Crippen LogP contribution in [0.3, 0.4) is 0 Å². The Labute approximate surface area is 196 Å². The van der Waals surface area contributed by atoms with Crippen molar-refractivity contribution < 1.29 is 27.2 Å². The minimum absolute atomic E-state index is 0.00352. The van der Waals surface area contributed by atoms with Gasteiger partial charge >= 0.3 is 6.18 Å². The number of oxazole rings is 1. The number of aromatic nitrogens is 1. The Kier molecular flexibility index (Phi) is 7.58. The van der Waals surface area contributed by atoms with Crippen molar-refractivity contribution in [2.24, 2.45) is 0 Å². The van der Waals surface area contributed by atoms with E-state index in [-0.39, 0.29) is 41.7 Å². The highest BCUT2D eigenvalue weighted by Crippen LogP contribution is 2.31. The van der Waals surface area contributed by atoms with Gasteiger partial charge in [0.15, 0.2) is 5.69 Å². The third kappa shape index (κ3) is 5.98. The fourth-order valence-electron chi connectivity index (χ4n) is 4.89. The van der Waals surface area contributed by atoms with Crippen molar-refractivity contribution in [3.8, 4) is 0 Å². The number of halogens is 3. The highest BCUT2D eigenvalue weighted by molar-refractivity contribution is 5.94. The number of nitrogens with zero attached hydrogens (tertiary/aromatic N) is 2. The Morgan fingerprint density at radius 1 is 1.03 bits per heavy atom. The summed E-state index contributed by atoms with van der Waals surface area (Å²) in [5, 5.41) is 2.99. The molecule has 2 aliphatic rings. The van der Waals surface area contributed by atoms with Gasteiger partial charge in [-0.05, 0) is 43.9 Å². The molecule has 1 N–H and O–H groups in total. The highest BCUT2D eigenvalue weighted by atomic mass is 19.4. The predicted molar refractivity (Wildman–Crippen MR) is 119 cm³/mol. The van der Waals surface area contributed by atoms with Gasteiger partial charge in [-0.3, -0.25) is 9.59 Å². The standard InChI is InChI=1S/C25H30F3N3O3/c26-25(27,28)18-9-7-8-17(14-18)24(33)31(20-12-5-2-6-13-20)15-22-30-21(16-34-22)23(32)29-19-10-3-1-4-11-19/h7-9,14,16,19-20H,1-6,10-13,15H2,(H,29,32). The Balaban J connectivity index is 1.51. The zero-order chi connectivity index (χ0) is 24.1. The minimum atomic E-state index is -4.53. The number of alkyl halides is 3. The average molecular weight is 478 g/mol. The van der Waals surface area contributed by atoms with E-state index < -0.39 is 17.6 Å². The van der Waals surface area contributed by atoms with Gasteiger partial charge in [0.25, 0.3) is 11.8 Å². The SMILES string of the molecule is O=C(NC1CCCCC1)c1coc(CN(C(=O)c2cccc(C(F)(F)F)c2)C2CCCCC2)n1. The lowest BCUT2D eigenvalue weighted by molar-refractivity contribution is -0.137. The van der Waals surface area contributed by atoms with Gasteiger partial charge in [-0.25, -0.2) is 4.98 Å². The summed E-state index contributed by atoms with van der Waals surface area (Å²) in [6, 6.07) is 4.48. The van der Waals surface area contributed by atoms with Crippen LogP contribution in [0.2, 0.25) is 0 Å². The van der Waals surface area contributed by atoms with Crippen molar-refractivity contribution in [1.82, 2.24) is 15.2 Å². The summed E-state index contributed by atoms with van der Waals surface area (Å²) >= 11 is 0. The smallest absolute Gasteiger partial charge is 0.416 e. The van der Waals surface area contributed by atoms with E-state index in [1.807, 2.05) is 0 Å². The highest BCUT2D eigenvalue weighted by Gasteiger charge is 2.33. The van der Waals surface area contributed by atoms with Crippen LogP contribution in [-0.2, 0) is 12.7 Å². The van der Waals surface area contributed by atoms with Gasteiger partial charge in [-0.15, -0.1) is 0 Å². The fourth-order valence-corrected chi connectivity index (χ4v) is 4.89. The number of carbonyl (C=O) groups is 2. The van der Waals surface area contributed by atoms with E-state index in [1.165, 1.54) is 24.8 Å². The maximum absolute atomic E-state index is 13.3. The zero-order valence-corrected chi connectivity index (χ0v) is 19.1. The first-order valence-corrected chi connectivity index (χ1v) is 12.0. The summed E-state index contributed by atoms with van der Waals surface area (Å²) in [6.07, 6.45) is 6.46. The van der Waals surface area contributed by atoms with Crippen molar-refractivity contribution in [2.75, 3.05) is 0 Å². The van der Waals surface area contributed by atoms with Crippen LogP contribution in [0, 0.1) is 0 Å². The fraction of sp³-hybridized carbons (Fsp3) is 0.560. The molecule has 1 aromatic carbocycles. The Morgan fingerprint density at radius 2 is 1.71 bits per heavy atom. The number of benzene rings is 1. The first-order chi connectivity index (χ1) is 16.3. The molecule has 1 heterocycles. The molecule has 0 bridgehead atoms. The van der Waals surface area contributed by atoms with E-state index in [2.05, 4.69) is 10.3 Å². The molecular formula is C25H30F3N3O3. The van der Waals surface area contributed by atoms with Crippen LogP contribution in [-0.4, -0.2) is 33.8 Å². The van der Waals surface area contributed by atoms with Crippen molar-refractivity contribution in [1.29, 1.82) is 0 Å². The van der Waals surface area contributed by atoms with Crippen LogP contribution in [0.1, 0.15) is 96.5 Å². The summed E-state index contributed by atoms with van der Waals surface area (Å²) in [4.78, 5) is 31.8. The Morgan fingerprint density at radius 3 is 2.38 bits per heavy atom. The number of amides is 2. The third-order valence-electron chi connectivity index (χ3n) is 6.74. The maximum atomic E-state index is 13.3. The molecular weight excluding hydrogens is 447 g/mol. The van der Waals surface area contributed by atoms with Crippen molar-refractivity contribution in [3.63, 3.8) is 0 Å². The minimum Gasteiger partial charge on any atom is -0.446 e. The van der Waals surface area contributed by atoms with E-state index in [9.17, 15) is 22.8 Å². The summed E-state index contributed by atoms with van der Waals surface area (Å²) in [5.41, 5.74) is -0.738. The lowest BCUT2D eigenvalue weighted by Gasteiger charge is -2.33. The molecule has 6 nitrogen and oxygen atoms in total. The number of rotatable bonds is 6. The van der Waals surface area contributed by atoms with Crippen LogP contribution < -0.4 is 5.32 Å². The van der Waals surface area contributed by atoms with Gasteiger partial charge in [-0.2, -0.15) is 13.2 Å². The van der Waals surface area contributed by atoms with Crippen molar-refractivity contribution >= 4 is 11.8 Å². The second kappa shape index (κ2) is 10.6. The van der Waals surface area contributed by atoms with Gasteiger partial charge in [0.1, 0.15) is 6.26 Å². The predicted octanol–water partition coefficient (Wildman–Crippen LogP) is 5.73. The summed E-state index contributed by atoms with van der Waals surface area (Å²) < 4.78 is 45.1. The molecule has 9 heteroatoms. The number of nitrogens with one attached hydrogen (secondary N) is 1. The molecule has 34 heavy (non-hydrogen) atoms. The molecule has 0 unspecified atom stereocenters. The topological polar surface area (TPSA) is 75.4 Å². The van der Waals surface area contributed by atoms with Crippen LogP contribution in [0.5, 0.6) is 0 Å². The molecule has 4 rings (SSSR count). The van der Waals surface area contributed by atoms with Crippen molar-refractivity contribution in [2.45, 2.75) is 89.0 Å². The number of hydrogen-bond acceptors (Lipinski definition) is 4. The Bertz CT molecular complexity index is 993. The first kappa shape index (κ1) is 24.3. The Hall–Kier alpha value is -2.84. The number of carbonyl (C=O) groups excluding carboxylic acids is 2. The summed E-state index contributed by atoms with van der Waals surface area (Å²) in [7, 11) is 0. The summed E-state index contributed by atoms with van der Waals surface area (Å²) in [5.74, 6) is -0.612. The van der Waals surface area contributed by atoms with E-state index in [0.717, 1.165) is 69.9 Å². The van der Waals surface area contributed by atoms with Crippen molar-refractivity contribution in [3.05, 3.63) is 53.2 Å². The lowest BCUT2D eigenvalue weighted by atomic mass is 9.93. The molecule has 0 atom stereocenters. The van der Waals surface area contributed by atoms with Crippen LogP contribution in [0.15, 0.2) is 34.9 Å². The zero-order valence-electron chi connectivity index (χ0n) is 19.1. The van der Waals surface area contributed by atoms with E-state index in [0.29, 0.717) is 0 Å². The maximum Gasteiger partial charge on any atom is 0.416 e. The molecule has 184 valence electrons. The molecule has 0 saturated heterocycles. The van der Waals surface area contributed by atoms with Gasteiger partial charge in [0, 0.05) is 17.6 Å². The molecule has 2 aromatic rings. The average Bonchev–Trinajstić information content (AvgIpc) is 3.32. The normalized spacial score (nSPS) is 18.0. The monoisotopic (exact) mass is 477 g/mol. The molecule has 2 aliphatic carbocycles. The second-order valence-electron chi connectivity index (χ2n) is 9.24. The quantitative estimate of drug-likeness (QED) is 0.577.